The second-order valence-electron chi connectivity index (χ2n) is 6.24. The Balaban J connectivity index is 2.20. The average Bonchev–Trinajstić information content (AvgIpc) is 2.77. The van der Waals surface area contributed by atoms with E-state index in [-0.39, 0.29) is 24.1 Å². The number of aryl methyl sites for hydroxylation is 1. The van der Waals surface area contributed by atoms with Crippen molar-refractivity contribution in [3.8, 4) is 0 Å². The molecule has 0 fully saturated rings. The van der Waals surface area contributed by atoms with Crippen molar-refractivity contribution in [1.29, 1.82) is 0 Å². The third kappa shape index (κ3) is 2.43. The summed E-state index contributed by atoms with van der Waals surface area (Å²) in [5.41, 5.74) is 2.95. The fraction of sp³-hybridized carbons (Fsp3) is 0.471. The van der Waals surface area contributed by atoms with Crippen molar-refractivity contribution in [2.45, 2.75) is 51.5 Å². The summed E-state index contributed by atoms with van der Waals surface area (Å²) >= 11 is 0. The van der Waals surface area contributed by atoms with Gasteiger partial charge in [0.1, 0.15) is 5.82 Å². The number of rotatable bonds is 3. The second-order valence-corrected chi connectivity index (χ2v) is 6.24. The van der Waals surface area contributed by atoms with Crippen LogP contribution in [-0.2, 0) is 11.3 Å². The van der Waals surface area contributed by atoms with Gasteiger partial charge < -0.3 is 9.67 Å². The number of carboxylic acids is 1. The number of fused-ring (bicyclic) bond motifs is 3. The Hall–Kier alpha value is -1.84. The zero-order chi connectivity index (χ0) is 15.1. The van der Waals surface area contributed by atoms with Gasteiger partial charge in [0.05, 0.1) is 11.9 Å². The molecule has 0 spiro atoms. The minimum Gasteiger partial charge on any atom is -0.481 e. The van der Waals surface area contributed by atoms with E-state index in [1.165, 1.54) is 0 Å². The maximum atomic E-state index is 13.9. The summed E-state index contributed by atoms with van der Waals surface area (Å²) < 4.78 is 16.0. The number of aliphatic carboxylic acids is 1. The van der Waals surface area contributed by atoms with Crippen LogP contribution in [-0.4, -0.2) is 15.6 Å². The molecular weight excluding hydrogens is 269 g/mol. The van der Waals surface area contributed by atoms with Crippen LogP contribution in [0.25, 0.3) is 10.9 Å². The van der Waals surface area contributed by atoms with E-state index >= 15 is 0 Å². The summed E-state index contributed by atoms with van der Waals surface area (Å²) in [5, 5.41) is 10.2. The first kappa shape index (κ1) is 14.1. The lowest BCUT2D eigenvalue weighted by Crippen LogP contribution is -2.17. The molecule has 112 valence electrons. The van der Waals surface area contributed by atoms with E-state index in [1.807, 2.05) is 0 Å². The van der Waals surface area contributed by atoms with E-state index in [4.69, 9.17) is 5.11 Å². The largest absolute Gasteiger partial charge is 0.481 e. The van der Waals surface area contributed by atoms with Gasteiger partial charge in [-0.05, 0) is 42.5 Å². The van der Waals surface area contributed by atoms with Crippen LogP contribution in [0.1, 0.15) is 56.2 Å². The summed E-state index contributed by atoms with van der Waals surface area (Å²) in [4.78, 5) is 11.1. The van der Waals surface area contributed by atoms with E-state index < -0.39 is 5.97 Å². The van der Waals surface area contributed by atoms with E-state index in [9.17, 15) is 9.18 Å². The van der Waals surface area contributed by atoms with Crippen LogP contribution < -0.4 is 0 Å². The molecule has 1 aliphatic heterocycles. The van der Waals surface area contributed by atoms with Crippen LogP contribution in [0.3, 0.4) is 0 Å². The van der Waals surface area contributed by atoms with Crippen LogP contribution in [0.4, 0.5) is 4.39 Å². The van der Waals surface area contributed by atoms with Crippen molar-refractivity contribution in [1.82, 2.24) is 4.57 Å². The quantitative estimate of drug-likeness (QED) is 0.917. The Bertz CT molecular complexity index is 702. The average molecular weight is 289 g/mol. The lowest BCUT2D eigenvalue weighted by atomic mass is 9.92. The minimum atomic E-state index is -0.769. The lowest BCUT2D eigenvalue weighted by molar-refractivity contribution is -0.137. The van der Waals surface area contributed by atoms with Crippen molar-refractivity contribution < 1.29 is 14.3 Å². The normalized spacial score (nSPS) is 18.2. The summed E-state index contributed by atoms with van der Waals surface area (Å²) in [6.45, 7) is 4.95. The highest BCUT2D eigenvalue weighted by atomic mass is 19.1. The SMILES string of the molecule is CC(C)c1cc(F)cc2c1cc1n2CCCC1CC(=O)O. The van der Waals surface area contributed by atoms with Gasteiger partial charge >= 0.3 is 5.97 Å². The topological polar surface area (TPSA) is 42.2 Å². The number of carboxylic acid groups (broad SMARTS) is 1. The first-order valence-corrected chi connectivity index (χ1v) is 7.51. The number of hydrogen-bond donors (Lipinski definition) is 1. The van der Waals surface area contributed by atoms with Crippen LogP contribution in [0, 0.1) is 5.82 Å². The molecule has 0 saturated heterocycles. The molecule has 1 unspecified atom stereocenters. The Kier molecular flexibility index (Phi) is 3.47. The molecule has 0 aliphatic carbocycles. The molecule has 4 heteroatoms. The fourth-order valence-electron chi connectivity index (χ4n) is 3.50. The first-order valence-electron chi connectivity index (χ1n) is 7.51. The molecule has 1 N–H and O–H groups in total. The Morgan fingerprint density at radius 1 is 1.43 bits per heavy atom. The molecule has 1 aliphatic rings. The van der Waals surface area contributed by atoms with Crippen molar-refractivity contribution >= 4 is 16.9 Å². The van der Waals surface area contributed by atoms with Crippen molar-refractivity contribution in [2.24, 2.45) is 0 Å². The van der Waals surface area contributed by atoms with Gasteiger partial charge in [-0.3, -0.25) is 4.79 Å². The molecule has 0 radical (unpaired) electrons. The number of hydrogen-bond acceptors (Lipinski definition) is 1. The maximum absolute atomic E-state index is 13.9. The molecule has 3 nitrogen and oxygen atoms in total. The molecule has 1 aromatic heterocycles. The van der Waals surface area contributed by atoms with Gasteiger partial charge in [0.15, 0.2) is 0 Å². The van der Waals surface area contributed by atoms with Crippen LogP contribution in [0.15, 0.2) is 18.2 Å². The number of halogens is 1. The Labute approximate surface area is 123 Å². The standard InChI is InChI=1S/C17H20FNO2/c1-10(2)13-7-12(18)8-16-14(13)9-15-11(6-17(20)21)4-3-5-19(15)16/h7-11H,3-6H2,1-2H3,(H,20,21). The van der Waals surface area contributed by atoms with Crippen molar-refractivity contribution in [2.75, 3.05) is 0 Å². The molecule has 1 atom stereocenters. The highest BCUT2D eigenvalue weighted by molar-refractivity contribution is 5.86. The van der Waals surface area contributed by atoms with E-state index in [2.05, 4.69) is 24.5 Å². The summed E-state index contributed by atoms with van der Waals surface area (Å²) in [7, 11) is 0. The monoisotopic (exact) mass is 289 g/mol. The molecule has 2 heterocycles. The van der Waals surface area contributed by atoms with E-state index in [1.54, 1.807) is 12.1 Å². The van der Waals surface area contributed by atoms with Crippen LogP contribution in [0.2, 0.25) is 0 Å². The summed E-state index contributed by atoms with van der Waals surface area (Å²) in [6, 6.07) is 5.26. The van der Waals surface area contributed by atoms with Crippen LogP contribution in [0.5, 0.6) is 0 Å². The summed E-state index contributed by atoms with van der Waals surface area (Å²) in [5.74, 6) is -0.710. The molecule has 0 bridgehead atoms. The number of carbonyl (C=O) groups is 1. The predicted molar refractivity (Wildman–Crippen MR) is 80.2 cm³/mol. The van der Waals surface area contributed by atoms with Gasteiger partial charge in [0.25, 0.3) is 0 Å². The Morgan fingerprint density at radius 2 is 2.19 bits per heavy atom. The second kappa shape index (κ2) is 5.17. The van der Waals surface area contributed by atoms with Crippen molar-refractivity contribution in [3.05, 3.63) is 35.3 Å². The van der Waals surface area contributed by atoms with Gasteiger partial charge in [-0.2, -0.15) is 0 Å². The fourth-order valence-corrected chi connectivity index (χ4v) is 3.50. The predicted octanol–water partition coefficient (Wildman–Crippen LogP) is 4.26. The summed E-state index contributed by atoms with van der Waals surface area (Å²) in [6.07, 6.45) is 1.99. The zero-order valence-electron chi connectivity index (χ0n) is 12.4. The minimum absolute atomic E-state index is 0.0340. The lowest BCUT2D eigenvalue weighted by Gasteiger charge is -2.24. The molecule has 0 amide bonds. The first-order chi connectivity index (χ1) is 9.97. The highest BCUT2D eigenvalue weighted by Crippen LogP contribution is 2.38. The van der Waals surface area contributed by atoms with Crippen molar-refractivity contribution in [3.63, 3.8) is 0 Å². The molecular formula is C17H20FNO2. The van der Waals surface area contributed by atoms with Gasteiger partial charge in [0, 0.05) is 23.5 Å². The molecule has 1 aromatic carbocycles. The highest BCUT2D eigenvalue weighted by Gasteiger charge is 2.26. The van der Waals surface area contributed by atoms with Gasteiger partial charge in [0.2, 0.25) is 0 Å². The van der Waals surface area contributed by atoms with Gasteiger partial charge in [-0.25, -0.2) is 4.39 Å². The zero-order valence-corrected chi connectivity index (χ0v) is 12.4. The Morgan fingerprint density at radius 3 is 2.86 bits per heavy atom. The van der Waals surface area contributed by atoms with E-state index in [0.29, 0.717) is 0 Å². The number of benzene rings is 1. The number of nitrogens with zero attached hydrogens (tertiary/aromatic N) is 1. The molecule has 21 heavy (non-hydrogen) atoms. The molecule has 2 aromatic rings. The molecule has 3 rings (SSSR count). The van der Waals surface area contributed by atoms with Gasteiger partial charge in [-0.15, -0.1) is 0 Å². The number of aromatic nitrogens is 1. The van der Waals surface area contributed by atoms with Gasteiger partial charge in [-0.1, -0.05) is 13.8 Å². The van der Waals surface area contributed by atoms with Crippen LogP contribution >= 0.6 is 0 Å². The smallest absolute Gasteiger partial charge is 0.304 e. The third-order valence-corrected chi connectivity index (χ3v) is 4.45. The molecule has 0 saturated carbocycles. The van der Waals surface area contributed by atoms with E-state index in [0.717, 1.165) is 41.5 Å². The maximum Gasteiger partial charge on any atom is 0.304 e. The third-order valence-electron chi connectivity index (χ3n) is 4.45.